The Morgan fingerprint density at radius 2 is 2.11 bits per heavy atom. The van der Waals surface area contributed by atoms with Crippen molar-refractivity contribution >= 4 is 51.7 Å². The third-order valence-corrected chi connectivity index (χ3v) is 8.43. The van der Waals surface area contributed by atoms with Crippen molar-refractivity contribution in [2.75, 3.05) is 18.4 Å². The first kappa shape index (κ1) is 22.1. The number of hydrogen-bond donors (Lipinski definition) is 1. The highest BCUT2D eigenvalue weighted by atomic mass is 35.5. The van der Waals surface area contributed by atoms with Crippen molar-refractivity contribution in [3.63, 3.8) is 0 Å². The van der Waals surface area contributed by atoms with Gasteiger partial charge in [0.15, 0.2) is 0 Å². The molecule has 3 aromatic heterocycles. The Morgan fingerprint density at radius 3 is 2.89 bits per heavy atom. The van der Waals surface area contributed by atoms with Crippen LogP contribution in [0.25, 0.3) is 21.7 Å². The van der Waals surface area contributed by atoms with Crippen LogP contribution < -0.4 is 5.32 Å². The SMILES string of the molecule is C=CC(=O)N1CCC2(CC(n3c(NC(=O)c4ccc(-c5ccco5)s4)nc4cc(Cl)ccc43)C2)C1. The van der Waals surface area contributed by atoms with Gasteiger partial charge in [-0.1, -0.05) is 18.2 Å². The Balaban J connectivity index is 1.27. The third-order valence-electron chi connectivity index (χ3n) is 7.10. The highest BCUT2D eigenvalue weighted by molar-refractivity contribution is 7.17. The van der Waals surface area contributed by atoms with Gasteiger partial charge in [-0.3, -0.25) is 14.9 Å². The standard InChI is InChI=1S/C26H23ClN4O3S/c1-2-23(32)30-10-9-26(15-30)13-17(14-26)31-19-6-5-16(27)12-18(19)28-25(31)29-24(33)22-8-7-21(35-22)20-4-3-11-34-20/h2-8,11-12,17H,1,9-10,13-15H2,(H,28,29,33). The van der Waals surface area contributed by atoms with Crippen molar-refractivity contribution < 1.29 is 14.0 Å². The van der Waals surface area contributed by atoms with E-state index in [1.807, 2.05) is 41.3 Å². The zero-order valence-corrected chi connectivity index (χ0v) is 20.4. The fraction of sp³-hybridized carbons (Fsp3) is 0.269. The highest BCUT2D eigenvalue weighted by Crippen LogP contribution is 2.55. The first-order valence-electron chi connectivity index (χ1n) is 11.5. The molecule has 4 aromatic rings. The summed E-state index contributed by atoms with van der Waals surface area (Å²) in [6.45, 7) is 5.13. The number of furan rings is 1. The molecule has 2 amide bonds. The maximum atomic E-state index is 13.2. The van der Waals surface area contributed by atoms with Crippen LogP contribution in [0.4, 0.5) is 5.95 Å². The fourth-order valence-electron chi connectivity index (χ4n) is 5.41. The van der Waals surface area contributed by atoms with Gasteiger partial charge >= 0.3 is 0 Å². The molecule has 7 nitrogen and oxygen atoms in total. The minimum Gasteiger partial charge on any atom is -0.464 e. The molecular formula is C26H23ClN4O3S. The van der Waals surface area contributed by atoms with E-state index in [1.165, 1.54) is 17.4 Å². The Hall–Kier alpha value is -3.36. The van der Waals surface area contributed by atoms with E-state index in [4.69, 9.17) is 21.0 Å². The second kappa shape index (κ2) is 8.39. The van der Waals surface area contributed by atoms with E-state index in [9.17, 15) is 9.59 Å². The number of halogens is 1. The summed E-state index contributed by atoms with van der Waals surface area (Å²) in [7, 11) is 0. The van der Waals surface area contributed by atoms with Crippen molar-refractivity contribution in [2.45, 2.75) is 25.3 Å². The molecule has 0 radical (unpaired) electrons. The smallest absolute Gasteiger partial charge is 0.268 e. The van der Waals surface area contributed by atoms with Gasteiger partial charge in [-0.15, -0.1) is 11.3 Å². The van der Waals surface area contributed by atoms with Crippen LogP contribution in [0, 0.1) is 5.41 Å². The second-order valence-electron chi connectivity index (χ2n) is 9.31. The van der Waals surface area contributed by atoms with Gasteiger partial charge in [0.1, 0.15) is 5.76 Å². The molecule has 6 rings (SSSR count). The Labute approximate surface area is 211 Å². The molecule has 1 N–H and O–H groups in total. The molecule has 1 aromatic carbocycles. The van der Waals surface area contributed by atoms with Crippen LogP contribution in [0.2, 0.25) is 5.02 Å². The Kier molecular flexibility index (Phi) is 5.30. The zero-order valence-electron chi connectivity index (χ0n) is 18.9. The average molecular weight is 507 g/mol. The molecule has 1 spiro atoms. The number of nitrogens with one attached hydrogen (secondary N) is 1. The molecular weight excluding hydrogens is 484 g/mol. The van der Waals surface area contributed by atoms with E-state index in [2.05, 4.69) is 16.5 Å². The highest BCUT2D eigenvalue weighted by Gasteiger charge is 2.50. The summed E-state index contributed by atoms with van der Waals surface area (Å²) >= 11 is 7.60. The Bertz CT molecular complexity index is 1450. The number of likely N-dealkylation sites (tertiary alicyclic amines) is 1. The molecule has 2 fully saturated rings. The number of nitrogens with zero attached hydrogens (tertiary/aromatic N) is 3. The number of fused-ring (bicyclic) bond motifs is 1. The molecule has 4 heterocycles. The molecule has 0 bridgehead atoms. The number of amides is 2. The van der Waals surface area contributed by atoms with E-state index in [1.54, 1.807) is 12.3 Å². The van der Waals surface area contributed by atoms with E-state index < -0.39 is 0 Å². The first-order chi connectivity index (χ1) is 16.9. The van der Waals surface area contributed by atoms with Crippen LogP contribution in [0.15, 0.2) is 65.8 Å². The fourth-order valence-corrected chi connectivity index (χ4v) is 6.45. The summed E-state index contributed by atoms with van der Waals surface area (Å²) in [5, 5.41) is 3.63. The number of imidazole rings is 1. The van der Waals surface area contributed by atoms with Crippen molar-refractivity contribution in [3.05, 3.63) is 71.3 Å². The predicted molar refractivity (Wildman–Crippen MR) is 137 cm³/mol. The van der Waals surface area contributed by atoms with E-state index in [0.29, 0.717) is 15.8 Å². The molecule has 9 heteroatoms. The zero-order chi connectivity index (χ0) is 24.2. The summed E-state index contributed by atoms with van der Waals surface area (Å²) in [5.41, 5.74) is 1.79. The summed E-state index contributed by atoms with van der Waals surface area (Å²) in [6, 6.07) is 13.2. The summed E-state index contributed by atoms with van der Waals surface area (Å²) < 4.78 is 7.57. The summed E-state index contributed by atoms with van der Waals surface area (Å²) in [6.07, 6.45) is 5.83. The predicted octanol–water partition coefficient (Wildman–Crippen LogP) is 6.00. The number of hydrogen-bond acceptors (Lipinski definition) is 5. The van der Waals surface area contributed by atoms with Gasteiger partial charge in [0, 0.05) is 24.2 Å². The number of rotatable bonds is 5. The van der Waals surface area contributed by atoms with Crippen molar-refractivity contribution in [1.82, 2.24) is 14.5 Å². The lowest BCUT2D eigenvalue weighted by atomic mass is 9.65. The monoisotopic (exact) mass is 506 g/mol. The largest absolute Gasteiger partial charge is 0.464 e. The minimum absolute atomic E-state index is 0.00846. The van der Waals surface area contributed by atoms with Gasteiger partial charge in [-0.2, -0.15) is 0 Å². The molecule has 1 aliphatic carbocycles. The molecule has 1 saturated carbocycles. The van der Waals surface area contributed by atoms with Gasteiger partial charge in [0.2, 0.25) is 11.9 Å². The third kappa shape index (κ3) is 3.86. The lowest BCUT2D eigenvalue weighted by Crippen LogP contribution is -2.42. The average Bonchev–Trinajstić information content (AvgIpc) is 3.62. The number of benzene rings is 1. The normalized spacial score (nSPS) is 21.4. The Morgan fingerprint density at radius 1 is 1.26 bits per heavy atom. The van der Waals surface area contributed by atoms with Crippen LogP contribution in [0.1, 0.15) is 35.0 Å². The molecule has 0 atom stereocenters. The van der Waals surface area contributed by atoms with Crippen molar-refractivity contribution in [2.24, 2.45) is 5.41 Å². The van der Waals surface area contributed by atoms with Gasteiger partial charge < -0.3 is 13.9 Å². The van der Waals surface area contributed by atoms with Crippen LogP contribution in [-0.4, -0.2) is 39.4 Å². The van der Waals surface area contributed by atoms with Gasteiger partial charge in [-0.05, 0) is 73.2 Å². The topological polar surface area (TPSA) is 80.4 Å². The van der Waals surface area contributed by atoms with Crippen molar-refractivity contribution in [1.29, 1.82) is 0 Å². The number of carbonyl (C=O) groups excluding carboxylic acids is 2. The molecule has 0 unspecified atom stereocenters. The number of thiophene rings is 1. The van der Waals surface area contributed by atoms with Crippen molar-refractivity contribution in [3.8, 4) is 10.6 Å². The van der Waals surface area contributed by atoms with Crippen LogP contribution >= 0.6 is 22.9 Å². The molecule has 1 saturated heterocycles. The minimum atomic E-state index is -0.215. The van der Waals surface area contributed by atoms with Crippen LogP contribution in [0.3, 0.4) is 0 Å². The number of aromatic nitrogens is 2. The van der Waals surface area contributed by atoms with E-state index >= 15 is 0 Å². The van der Waals surface area contributed by atoms with E-state index in [0.717, 1.165) is 54.0 Å². The van der Waals surface area contributed by atoms with E-state index in [-0.39, 0.29) is 23.3 Å². The molecule has 2 aliphatic rings. The maximum Gasteiger partial charge on any atom is 0.268 e. The lowest BCUT2D eigenvalue weighted by Gasteiger charge is -2.46. The lowest BCUT2D eigenvalue weighted by molar-refractivity contribution is -0.125. The van der Waals surface area contributed by atoms with Crippen LogP contribution in [0.5, 0.6) is 0 Å². The quantitative estimate of drug-likeness (QED) is 0.336. The second-order valence-corrected chi connectivity index (χ2v) is 10.8. The summed E-state index contributed by atoms with van der Waals surface area (Å²) in [4.78, 5) is 33.3. The number of carbonyl (C=O) groups is 2. The molecule has 35 heavy (non-hydrogen) atoms. The maximum absolute atomic E-state index is 13.2. The van der Waals surface area contributed by atoms with Gasteiger partial charge in [-0.25, -0.2) is 4.98 Å². The van der Waals surface area contributed by atoms with Gasteiger partial charge in [0.05, 0.1) is 27.1 Å². The first-order valence-corrected chi connectivity index (χ1v) is 12.7. The molecule has 1 aliphatic heterocycles. The molecule has 178 valence electrons. The summed E-state index contributed by atoms with van der Waals surface area (Å²) in [5.74, 6) is 1.02. The van der Waals surface area contributed by atoms with Gasteiger partial charge in [0.25, 0.3) is 5.91 Å². The number of anilines is 1. The van der Waals surface area contributed by atoms with Crippen LogP contribution in [-0.2, 0) is 4.79 Å².